The summed E-state index contributed by atoms with van der Waals surface area (Å²) in [7, 11) is 0. The predicted molar refractivity (Wildman–Crippen MR) is 67.6 cm³/mol. The molecule has 0 radical (unpaired) electrons. The molecule has 1 rings (SSSR count). The molecule has 0 aromatic heterocycles. The van der Waals surface area contributed by atoms with Gasteiger partial charge >= 0.3 is 5.97 Å². The first kappa shape index (κ1) is 14.0. The third-order valence-electron chi connectivity index (χ3n) is 2.71. The first-order valence-electron chi connectivity index (χ1n) is 5.28. The van der Waals surface area contributed by atoms with Crippen molar-refractivity contribution in [3.05, 3.63) is 34.9 Å². The van der Waals surface area contributed by atoms with Crippen LogP contribution in [0.4, 0.5) is 0 Å². The molecule has 3 N–H and O–H groups in total. The van der Waals surface area contributed by atoms with E-state index in [0.717, 1.165) is 0 Å². The number of hydrogen-bond acceptors (Lipinski definition) is 4. The van der Waals surface area contributed by atoms with Crippen LogP contribution in [0.3, 0.4) is 0 Å². The van der Waals surface area contributed by atoms with Crippen molar-refractivity contribution in [3.8, 4) is 0 Å². The molecule has 94 valence electrons. The minimum absolute atomic E-state index is 0.139. The number of carboxylic acid groups (broad SMARTS) is 1. The largest absolute Gasteiger partial charge is 0.478 e. The monoisotopic (exact) mass is 256 g/mol. The third kappa shape index (κ3) is 3.21. The second kappa shape index (κ2) is 6.05. The average molecular weight is 256 g/mol. The fraction of sp³-hybridized carbons (Fsp3) is 0.417. The molecule has 2 atom stereocenters. The van der Waals surface area contributed by atoms with Crippen LogP contribution < -0.4 is 0 Å². The van der Waals surface area contributed by atoms with Gasteiger partial charge in [0.1, 0.15) is 6.10 Å². The Morgan fingerprint density at radius 3 is 2.59 bits per heavy atom. The van der Waals surface area contributed by atoms with Crippen LogP contribution in [0.15, 0.2) is 18.2 Å². The fourth-order valence-corrected chi connectivity index (χ4v) is 1.97. The highest BCUT2D eigenvalue weighted by Crippen LogP contribution is 2.24. The lowest BCUT2D eigenvalue weighted by Gasteiger charge is -2.20. The van der Waals surface area contributed by atoms with E-state index in [2.05, 4.69) is 12.6 Å². The summed E-state index contributed by atoms with van der Waals surface area (Å²) in [4.78, 5) is 10.9. The van der Waals surface area contributed by atoms with E-state index in [9.17, 15) is 15.0 Å². The number of rotatable bonds is 5. The van der Waals surface area contributed by atoms with E-state index in [1.807, 2.05) is 0 Å². The number of aromatic carboxylic acids is 1. The molecular weight excluding hydrogens is 240 g/mol. The smallest absolute Gasteiger partial charge is 0.335 e. The van der Waals surface area contributed by atoms with E-state index in [0.29, 0.717) is 23.3 Å². The Kier molecular flexibility index (Phi) is 4.99. The van der Waals surface area contributed by atoms with E-state index < -0.39 is 18.2 Å². The second-order valence-corrected chi connectivity index (χ2v) is 4.30. The summed E-state index contributed by atoms with van der Waals surface area (Å²) < 4.78 is 0. The van der Waals surface area contributed by atoms with Crippen molar-refractivity contribution in [2.45, 2.75) is 25.6 Å². The zero-order valence-electron chi connectivity index (χ0n) is 9.50. The van der Waals surface area contributed by atoms with Crippen molar-refractivity contribution in [3.63, 3.8) is 0 Å². The van der Waals surface area contributed by atoms with Gasteiger partial charge in [0.2, 0.25) is 0 Å². The lowest BCUT2D eigenvalue weighted by Crippen LogP contribution is -2.20. The Morgan fingerprint density at radius 1 is 1.41 bits per heavy atom. The van der Waals surface area contributed by atoms with Crippen LogP contribution in [0.1, 0.15) is 34.0 Å². The normalized spacial score (nSPS) is 14.4. The summed E-state index contributed by atoms with van der Waals surface area (Å²) in [5.41, 5.74) is 1.06. The molecule has 0 heterocycles. The van der Waals surface area contributed by atoms with Crippen molar-refractivity contribution < 1.29 is 20.1 Å². The van der Waals surface area contributed by atoms with Gasteiger partial charge in [-0.05, 0) is 36.3 Å². The standard InChI is InChI=1S/C12H16O4S/c1-7-8(11(14)10(13)5-6-17)3-2-4-9(7)12(15)16/h2-4,10-11,13-14,17H,5-6H2,1H3,(H,15,16). The van der Waals surface area contributed by atoms with Crippen LogP contribution >= 0.6 is 12.6 Å². The fourth-order valence-electron chi connectivity index (χ4n) is 1.70. The quantitative estimate of drug-likeness (QED) is 0.601. The molecule has 1 aromatic rings. The van der Waals surface area contributed by atoms with Gasteiger partial charge in [-0.1, -0.05) is 12.1 Å². The summed E-state index contributed by atoms with van der Waals surface area (Å²) in [6.45, 7) is 1.62. The van der Waals surface area contributed by atoms with Gasteiger partial charge in [0.15, 0.2) is 0 Å². The van der Waals surface area contributed by atoms with Crippen LogP contribution in [0, 0.1) is 6.92 Å². The van der Waals surface area contributed by atoms with Crippen molar-refractivity contribution in [1.29, 1.82) is 0 Å². The predicted octanol–water partition coefficient (Wildman–Crippen LogP) is 1.41. The lowest BCUT2D eigenvalue weighted by atomic mass is 9.95. The summed E-state index contributed by atoms with van der Waals surface area (Å²) in [6.07, 6.45) is -1.67. The molecule has 2 unspecified atom stereocenters. The van der Waals surface area contributed by atoms with Gasteiger partial charge in [-0.25, -0.2) is 4.79 Å². The van der Waals surface area contributed by atoms with E-state index in [4.69, 9.17) is 5.11 Å². The highest BCUT2D eigenvalue weighted by atomic mass is 32.1. The van der Waals surface area contributed by atoms with E-state index in [1.54, 1.807) is 19.1 Å². The van der Waals surface area contributed by atoms with Crippen LogP contribution in [0.25, 0.3) is 0 Å². The second-order valence-electron chi connectivity index (χ2n) is 3.85. The number of aliphatic hydroxyl groups is 2. The maximum Gasteiger partial charge on any atom is 0.335 e. The first-order valence-corrected chi connectivity index (χ1v) is 5.92. The Balaban J connectivity index is 3.06. The Hall–Kier alpha value is -1.04. The van der Waals surface area contributed by atoms with Crippen molar-refractivity contribution in [1.82, 2.24) is 0 Å². The Morgan fingerprint density at radius 2 is 2.06 bits per heavy atom. The highest BCUT2D eigenvalue weighted by Gasteiger charge is 2.21. The number of aliphatic hydroxyl groups excluding tert-OH is 2. The number of carbonyl (C=O) groups is 1. The van der Waals surface area contributed by atoms with E-state index >= 15 is 0 Å². The van der Waals surface area contributed by atoms with Crippen LogP contribution in [-0.2, 0) is 0 Å². The number of carboxylic acids is 1. The molecule has 0 amide bonds. The third-order valence-corrected chi connectivity index (χ3v) is 2.97. The minimum Gasteiger partial charge on any atom is -0.478 e. The molecule has 0 aliphatic rings. The molecule has 0 spiro atoms. The molecule has 0 aliphatic heterocycles. The van der Waals surface area contributed by atoms with Gasteiger partial charge in [-0.15, -0.1) is 0 Å². The van der Waals surface area contributed by atoms with Crippen molar-refractivity contribution in [2.75, 3.05) is 5.75 Å². The SMILES string of the molecule is Cc1c(C(=O)O)cccc1C(O)C(O)CCS. The molecule has 0 saturated carbocycles. The summed E-state index contributed by atoms with van der Waals surface area (Å²) in [5, 5.41) is 28.6. The maximum absolute atomic E-state index is 10.9. The van der Waals surface area contributed by atoms with Crippen LogP contribution in [0.5, 0.6) is 0 Å². The zero-order valence-corrected chi connectivity index (χ0v) is 10.4. The van der Waals surface area contributed by atoms with Crippen LogP contribution in [0.2, 0.25) is 0 Å². The van der Waals surface area contributed by atoms with Gasteiger partial charge in [0.25, 0.3) is 0 Å². The minimum atomic E-state index is -1.08. The molecule has 0 fully saturated rings. The van der Waals surface area contributed by atoms with Gasteiger partial charge < -0.3 is 15.3 Å². The lowest BCUT2D eigenvalue weighted by molar-refractivity contribution is 0.0168. The number of hydrogen-bond donors (Lipinski definition) is 4. The van der Waals surface area contributed by atoms with Gasteiger partial charge in [-0.3, -0.25) is 0 Å². The average Bonchev–Trinajstić information content (AvgIpc) is 2.28. The molecular formula is C12H16O4S. The maximum atomic E-state index is 10.9. The highest BCUT2D eigenvalue weighted by molar-refractivity contribution is 7.80. The van der Waals surface area contributed by atoms with E-state index in [-0.39, 0.29) is 5.56 Å². The number of thiol groups is 1. The number of benzene rings is 1. The Labute approximate surface area is 105 Å². The summed E-state index contributed by atoms with van der Waals surface area (Å²) >= 11 is 3.98. The molecule has 5 heteroatoms. The topological polar surface area (TPSA) is 77.8 Å². The molecule has 4 nitrogen and oxygen atoms in total. The van der Waals surface area contributed by atoms with Gasteiger partial charge in [-0.2, -0.15) is 12.6 Å². The molecule has 17 heavy (non-hydrogen) atoms. The molecule has 0 bridgehead atoms. The van der Waals surface area contributed by atoms with Crippen molar-refractivity contribution in [2.24, 2.45) is 0 Å². The van der Waals surface area contributed by atoms with E-state index in [1.165, 1.54) is 6.07 Å². The molecule has 1 aromatic carbocycles. The molecule has 0 aliphatic carbocycles. The van der Waals surface area contributed by atoms with Gasteiger partial charge in [0, 0.05) is 0 Å². The summed E-state index contributed by atoms with van der Waals surface area (Å²) in [6, 6.07) is 4.65. The van der Waals surface area contributed by atoms with Crippen LogP contribution in [-0.4, -0.2) is 33.1 Å². The first-order chi connectivity index (χ1) is 7.99. The van der Waals surface area contributed by atoms with Gasteiger partial charge in [0.05, 0.1) is 11.7 Å². The van der Waals surface area contributed by atoms with Crippen molar-refractivity contribution >= 4 is 18.6 Å². The summed E-state index contributed by atoms with van der Waals surface area (Å²) in [5.74, 6) is -0.587. The Bertz CT molecular complexity index is 405. The zero-order chi connectivity index (χ0) is 13.0. The molecule has 0 saturated heterocycles.